The molecule has 5 heteroatoms. The first-order valence-corrected chi connectivity index (χ1v) is 16.6. The third-order valence-corrected chi connectivity index (χ3v) is 9.37. The predicted molar refractivity (Wildman–Crippen MR) is 202 cm³/mol. The minimum atomic E-state index is 0.589. The minimum absolute atomic E-state index is 0.589. The van der Waals surface area contributed by atoms with Crippen LogP contribution in [0.2, 0.25) is 0 Å². The fraction of sp³-hybridized carbons (Fsp3) is 0. The molecule has 10 aromatic rings. The van der Waals surface area contributed by atoms with E-state index in [4.69, 9.17) is 23.8 Å². The van der Waals surface area contributed by atoms with Gasteiger partial charge in [-0.15, -0.1) is 0 Å². The van der Waals surface area contributed by atoms with E-state index in [1.165, 1.54) is 0 Å². The highest BCUT2D eigenvalue weighted by Crippen LogP contribution is 2.41. The molecule has 0 saturated carbocycles. The predicted octanol–water partition coefficient (Wildman–Crippen LogP) is 12.0. The Morgan fingerprint density at radius 1 is 0.320 bits per heavy atom. The van der Waals surface area contributed by atoms with Gasteiger partial charge in [-0.2, -0.15) is 0 Å². The number of rotatable bonds is 5. The molecule has 0 unspecified atom stereocenters. The highest BCUT2D eigenvalue weighted by molar-refractivity contribution is 6.15. The lowest BCUT2D eigenvalue weighted by Gasteiger charge is -2.10. The molecule has 0 aliphatic carbocycles. The standard InChI is InChI=1S/C45H27N3O2/c1-3-11-28(12-4-1)29-21-23-31(24-22-29)44-46-43(30-13-5-2-6-14-30)47-45(48-44)36-18-10-20-40-41(36)35-17-9-16-33(42(35)50-40)32-25-26-39-37(27-32)34-15-7-8-19-38(34)49-39/h1-27H. The first-order chi connectivity index (χ1) is 24.8. The smallest absolute Gasteiger partial charge is 0.164 e. The van der Waals surface area contributed by atoms with Gasteiger partial charge in [0.25, 0.3) is 0 Å². The Kier molecular flexibility index (Phi) is 6.42. The molecule has 7 aromatic carbocycles. The highest BCUT2D eigenvalue weighted by atomic mass is 16.3. The van der Waals surface area contributed by atoms with E-state index in [9.17, 15) is 0 Å². The molecule has 50 heavy (non-hydrogen) atoms. The summed E-state index contributed by atoms with van der Waals surface area (Å²) >= 11 is 0. The van der Waals surface area contributed by atoms with Gasteiger partial charge in [-0.05, 0) is 41.0 Å². The largest absolute Gasteiger partial charge is 0.456 e. The van der Waals surface area contributed by atoms with Gasteiger partial charge in [-0.3, -0.25) is 0 Å². The minimum Gasteiger partial charge on any atom is -0.456 e. The molecule has 0 spiro atoms. The Hall–Kier alpha value is -6.85. The van der Waals surface area contributed by atoms with Gasteiger partial charge in [0.2, 0.25) is 0 Å². The van der Waals surface area contributed by atoms with Crippen molar-refractivity contribution >= 4 is 43.9 Å². The second kappa shape index (κ2) is 11.4. The molecule has 0 amide bonds. The van der Waals surface area contributed by atoms with Gasteiger partial charge < -0.3 is 8.83 Å². The number of nitrogens with zero attached hydrogens (tertiary/aromatic N) is 3. The third kappa shape index (κ3) is 4.67. The molecule has 3 aromatic heterocycles. The van der Waals surface area contributed by atoms with Crippen LogP contribution in [0.4, 0.5) is 0 Å². The molecule has 0 N–H and O–H groups in total. The van der Waals surface area contributed by atoms with Crippen molar-refractivity contribution in [3.8, 4) is 56.4 Å². The summed E-state index contributed by atoms with van der Waals surface area (Å²) in [5.41, 5.74) is 10.4. The van der Waals surface area contributed by atoms with Crippen LogP contribution in [0.25, 0.3) is 100 Å². The Bertz CT molecular complexity index is 2850. The van der Waals surface area contributed by atoms with Crippen LogP contribution in [-0.2, 0) is 0 Å². The van der Waals surface area contributed by atoms with Gasteiger partial charge >= 0.3 is 0 Å². The lowest BCUT2D eigenvalue weighted by molar-refractivity contribution is 0.668. The molecule has 0 fully saturated rings. The van der Waals surface area contributed by atoms with Gasteiger partial charge in [-0.25, -0.2) is 15.0 Å². The Morgan fingerprint density at radius 3 is 1.66 bits per heavy atom. The van der Waals surface area contributed by atoms with Crippen molar-refractivity contribution < 1.29 is 8.83 Å². The lowest BCUT2D eigenvalue weighted by Crippen LogP contribution is -2.00. The summed E-state index contributed by atoms with van der Waals surface area (Å²) in [4.78, 5) is 15.1. The van der Waals surface area contributed by atoms with Crippen LogP contribution < -0.4 is 0 Å². The monoisotopic (exact) mass is 641 g/mol. The van der Waals surface area contributed by atoms with Gasteiger partial charge in [0.1, 0.15) is 22.3 Å². The number of furan rings is 2. The summed E-state index contributed by atoms with van der Waals surface area (Å²) in [5.74, 6) is 1.81. The zero-order valence-corrected chi connectivity index (χ0v) is 26.7. The van der Waals surface area contributed by atoms with Crippen LogP contribution in [-0.4, -0.2) is 15.0 Å². The maximum absolute atomic E-state index is 6.67. The third-order valence-electron chi connectivity index (χ3n) is 9.37. The number of aromatic nitrogens is 3. The Morgan fingerprint density at radius 2 is 0.860 bits per heavy atom. The molecule has 0 bridgehead atoms. The van der Waals surface area contributed by atoms with E-state index in [0.717, 1.165) is 82.8 Å². The van der Waals surface area contributed by atoms with Crippen LogP contribution in [0.15, 0.2) is 173 Å². The zero-order valence-electron chi connectivity index (χ0n) is 26.7. The summed E-state index contributed by atoms with van der Waals surface area (Å²) in [6.45, 7) is 0. The first-order valence-electron chi connectivity index (χ1n) is 16.6. The number of hydrogen-bond acceptors (Lipinski definition) is 5. The molecule has 0 saturated heterocycles. The fourth-order valence-electron chi connectivity index (χ4n) is 6.94. The van der Waals surface area contributed by atoms with Crippen LogP contribution >= 0.6 is 0 Å². The second-order valence-electron chi connectivity index (χ2n) is 12.4. The summed E-state index contributed by atoms with van der Waals surface area (Å²) < 4.78 is 12.8. The molecule has 234 valence electrons. The second-order valence-corrected chi connectivity index (χ2v) is 12.4. The summed E-state index contributed by atoms with van der Waals surface area (Å²) in [6, 6.07) is 55.7. The molecule has 0 aliphatic heterocycles. The summed E-state index contributed by atoms with van der Waals surface area (Å²) in [6.07, 6.45) is 0. The number of hydrogen-bond donors (Lipinski definition) is 0. The number of benzene rings is 7. The maximum atomic E-state index is 6.67. The van der Waals surface area contributed by atoms with E-state index < -0.39 is 0 Å². The van der Waals surface area contributed by atoms with Crippen LogP contribution in [0, 0.1) is 0 Å². The normalized spacial score (nSPS) is 11.6. The van der Waals surface area contributed by atoms with Crippen molar-refractivity contribution in [3.05, 3.63) is 164 Å². The summed E-state index contributed by atoms with van der Waals surface area (Å²) in [7, 11) is 0. The Labute approximate surface area is 287 Å². The molecule has 0 aliphatic rings. The molecular weight excluding hydrogens is 615 g/mol. The topological polar surface area (TPSA) is 65.0 Å². The van der Waals surface area contributed by atoms with Crippen molar-refractivity contribution in [3.63, 3.8) is 0 Å². The fourth-order valence-corrected chi connectivity index (χ4v) is 6.94. The van der Waals surface area contributed by atoms with Gasteiger partial charge in [0.05, 0.1) is 0 Å². The van der Waals surface area contributed by atoms with E-state index in [0.29, 0.717) is 17.5 Å². The van der Waals surface area contributed by atoms with Crippen LogP contribution in [0.3, 0.4) is 0 Å². The maximum Gasteiger partial charge on any atom is 0.164 e. The summed E-state index contributed by atoms with van der Waals surface area (Å²) in [5, 5.41) is 4.14. The first kappa shape index (κ1) is 28.2. The zero-order chi connectivity index (χ0) is 33.0. The lowest BCUT2D eigenvalue weighted by atomic mass is 9.99. The molecule has 0 radical (unpaired) electrons. The van der Waals surface area contributed by atoms with E-state index in [2.05, 4.69) is 91.0 Å². The van der Waals surface area contributed by atoms with E-state index >= 15 is 0 Å². The van der Waals surface area contributed by atoms with Crippen molar-refractivity contribution in [2.45, 2.75) is 0 Å². The van der Waals surface area contributed by atoms with E-state index in [1.54, 1.807) is 0 Å². The number of para-hydroxylation sites is 2. The van der Waals surface area contributed by atoms with Crippen LogP contribution in [0.5, 0.6) is 0 Å². The molecule has 3 heterocycles. The highest BCUT2D eigenvalue weighted by Gasteiger charge is 2.20. The quantitative estimate of drug-likeness (QED) is 0.187. The van der Waals surface area contributed by atoms with Crippen molar-refractivity contribution in [2.24, 2.45) is 0 Å². The molecular formula is C45H27N3O2. The molecule has 0 atom stereocenters. The van der Waals surface area contributed by atoms with Gasteiger partial charge in [0, 0.05) is 43.8 Å². The van der Waals surface area contributed by atoms with Crippen LogP contribution in [0.1, 0.15) is 0 Å². The SMILES string of the molecule is c1ccc(-c2ccc(-c3nc(-c4ccccc4)nc(-c4cccc5oc6c(-c7ccc8oc9ccccc9c8c7)cccc6c45)n3)cc2)cc1. The van der Waals surface area contributed by atoms with Crippen molar-refractivity contribution in [2.75, 3.05) is 0 Å². The van der Waals surface area contributed by atoms with E-state index in [-0.39, 0.29) is 0 Å². The number of fused-ring (bicyclic) bond motifs is 6. The average Bonchev–Trinajstić information content (AvgIpc) is 3.77. The Balaban J connectivity index is 1.15. The van der Waals surface area contributed by atoms with Crippen molar-refractivity contribution in [1.29, 1.82) is 0 Å². The average molecular weight is 642 g/mol. The van der Waals surface area contributed by atoms with Gasteiger partial charge in [0.15, 0.2) is 17.5 Å². The van der Waals surface area contributed by atoms with Gasteiger partial charge in [-0.1, -0.05) is 140 Å². The molecule has 10 rings (SSSR count). The molecule has 5 nitrogen and oxygen atoms in total. The van der Waals surface area contributed by atoms with Crippen molar-refractivity contribution in [1.82, 2.24) is 15.0 Å². The van der Waals surface area contributed by atoms with E-state index in [1.807, 2.05) is 72.8 Å².